The first-order valence-electron chi connectivity index (χ1n) is 12.3. The van der Waals surface area contributed by atoms with Crippen molar-refractivity contribution in [3.05, 3.63) is 35.4 Å². The van der Waals surface area contributed by atoms with Crippen LogP contribution in [0, 0.1) is 29.1 Å². The molecule has 1 aromatic carbocycles. The third kappa shape index (κ3) is 4.48. The lowest BCUT2D eigenvalue weighted by atomic mass is 9.54. The highest BCUT2D eigenvalue weighted by Crippen LogP contribution is 2.57. The Hall–Kier alpha value is -2.55. The molecule has 1 saturated heterocycles. The molecule has 2 amide bonds. The van der Waals surface area contributed by atoms with Gasteiger partial charge in [0.15, 0.2) is 0 Å². The van der Waals surface area contributed by atoms with Crippen molar-refractivity contribution in [2.75, 3.05) is 13.1 Å². The van der Waals surface area contributed by atoms with Gasteiger partial charge in [-0.1, -0.05) is 12.1 Å². The van der Waals surface area contributed by atoms with Crippen LogP contribution >= 0.6 is 0 Å². The van der Waals surface area contributed by atoms with Crippen LogP contribution < -0.4 is 5.32 Å². The van der Waals surface area contributed by atoms with Gasteiger partial charge < -0.3 is 15.0 Å². The molecule has 0 unspecified atom stereocenters. The average molecular weight is 436 g/mol. The minimum atomic E-state index is -0.677. The van der Waals surface area contributed by atoms with Gasteiger partial charge in [-0.15, -0.1) is 0 Å². The fraction of sp³-hybridized carbons (Fsp3) is 0.654. The van der Waals surface area contributed by atoms with Crippen LogP contribution in [0.2, 0.25) is 0 Å². The van der Waals surface area contributed by atoms with Crippen LogP contribution in [0.5, 0.6) is 0 Å². The van der Waals surface area contributed by atoms with E-state index in [9.17, 15) is 14.9 Å². The normalized spacial score (nSPS) is 31.6. The average Bonchev–Trinajstić information content (AvgIpc) is 2.77. The molecular weight excluding hydrogens is 402 g/mol. The highest BCUT2D eigenvalue weighted by molar-refractivity contribution is 5.86. The van der Waals surface area contributed by atoms with Gasteiger partial charge in [0.25, 0.3) is 0 Å². The molecule has 0 aromatic heterocycles. The van der Waals surface area contributed by atoms with Crippen LogP contribution in [0.1, 0.15) is 68.9 Å². The third-order valence-corrected chi connectivity index (χ3v) is 8.05. The number of nitrogens with one attached hydrogen (secondary N) is 1. The number of piperidine rings is 1. The Balaban J connectivity index is 1.30. The summed E-state index contributed by atoms with van der Waals surface area (Å²) >= 11 is 0. The Kier molecular flexibility index (Phi) is 5.84. The van der Waals surface area contributed by atoms with Gasteiger partial charge in [-0.2, -0.15) is 5.26 Å². The summed E-state index contributed by atoms with van der Waals surface area (Å²) in [7, 11) is 0. The van der Waals surface area contributed by atoms with E-state index < -0.39 is 12.1 Å². The summed E-state index contributed by atoms with van der Waals surface area (Å²) in [5.74, 6) is 2.02. The van der Waals surface area contributed by atoms with E-state index in [4.69, 9.17) is 4.74 Å². The molecule has 6 rings (SSSR count). The maximum absolute atomic E-state index is 13.3. The maximum atomic E-state index is 13.3. The molecule has 0 radical (unpaired) electrons. The number of likely N-dealkylation sites (tertiary alicyclic amines) is 1. The summed E-state index contributed by atoms with van der Waals surface area (Å²) in [6, 6.07) is 8.75. The maximum Gasteiger partial charge on any atom is 0.408 e. The van der Waals surface area contributed by atoms with Crippen molar-refractivity contribution in [2.45, 2.75) is 75.9 Å². The summed E-state index contributed by atoms with van der Waals surface area (Å²) in [4.78, 5) is 28.3. The summed E-state index contributed by atoms with van der Waals surface area (Å²) in [5.41, 5.74) is 1.09. The molecule has 170 valence electrons. The number of ether oxygens (including phenoxy) is 1. The molecule has 1 heterocycles. The van der Waals surface area contributed by atoms with Crippen LogP contribution in [0.3, 0.4) is 0 Å². The number of carbonyl (C=O) groups is 2. The Morgan fingerprint density at radius 3 is 2.38 bits per heavy atom. The largest absolute Gasteiger partial charge is 0.443 e. The summed E-state index contributed by atoms with van der Waals surface area (Å²) in [5, 5.41) is 12.2. The molecule has 5 fully saturated rings. The van der Waals surface area contributed by atoms with Crippen molar-refractivity contribution < 1.29 is 14.3 Å². The van der Waals surface area contributed by atoms with Crippen LogP contribution in [-0.2, 0) is 16.0 Å². The van der Waals surface area contributed by atoms with E-state index in [0.29, 0.717) is 29.7 Å². The molecule has 4 bridgehead atoms. The number of amides is 2. The zero-order chi connectivity index (χ0) is 22.1. The van der Waals surface area contributed by atoms with Crippen molar-refractivity contribution in [3.63, 3.8) is 0 Å². The number of carbonyl (C=O) groups excluding carboxylic acids is 2. The number of benzene rings is 1. The number of nitriles is 1. The highest BCUT2D eigenvalue weighted by atomic mass is 16.6. The van der Waals surface area contributed by atoms with Gasteiger partial charge in [0.05, 0.1) is 11.6 Å². The van der Waals surface area contributed by atoms with Gasteiger partial charge in [-0.3, -0.25) is 4.79 Å². The summed E-state index contributed by atoms with van der Waals surface area (Å²) < 4.78 is 6.13. The van der Waals surface area contributed by atoms with Gasteiger partial charge in [0.1, 0.15) is 11.6 Å². The molecule has 1 N–H and O–H groups in total. The van der Waals surface area contributed by atoms with Gasteiger partial charge in [0.2, 0.25) is 5.91 Å². The molecule has 1 atom stereocenters. The van der Waals surface area contributed by atoms with Gasteiger partial charge in [0, 0.05) is 19.5 Å². The van der Waals surface area contributed by atoms with E-state index in [2.05, 4.69) is 11.4 Å². The quantitative estimate of drug-likeness (QED) is 0.752. The third-order valence-electron chi connectivity index (χ3n) is 8.05. The number of alkyl carbamates (subject to hydrolysis) is 1. The lowest BCUT2D eigenvalue weighted by molar-refractivity contribution is -0.137. The van der Waals surface area contributed by atoms with Crippen molar-refractivity contribution in [1.29, 1.82) is 5.26 Å². The molecule has 32 heavy (non-hydrogen) atoms. The topological polar surface area (TPSA) is 82.4 Å². The summed E-state index contributed by atoms with van der Waals surface area (Å²) in [6.07, 6.45) is 9.82. The molecule has 6 heteroatoms. The van der Waals surface area contributed by atoms with E-state index in [1.165, 1.54) is 19.3 Å². The van der Waals surface area contributed by atoms with E-state index in [0.717, 1.165) is 57.2 Å². The molecule has 6 nitrogen and oxygen atoms in total. The monoisotopic (exact) mass is 435 g/mol. The molecule has 4 aliphatic carbocycles. The first kappa shape index (κ1) is 21.3. The van der Waals surface area contributed by atoms with Crippen molar-refractivity contribution in [2.24, 2.45) is 17.8 Å². The molecule has 0 spiro atoms. The van der Waals surface area contributed by atoms with Gasteiger partial charge >= 0.3 is 6.09 Å². The van der Waals surface area contributed by atoms with E-state index >= 15 is 0 Å². The number of rotatable bonds is 5. The molecule has 4 saturated carbocycles. The Labute approximate surface area is 190 Å². The first-order valence-corrected chi connectivity index (χ1v) is 12.3. The highest BCUT2D eigenvalue weighted by Gasteiger charge is 2.53. The Bertz CT molecular complexity index is 880. The predicted molar refractivity (Wildman–Crippen MR) is 120 cm³/mol. The van der Waals surface area contributed by atoms with Gasteiger partial charge in [-0.25, -0.2) is 4.79 Å². The SMILES string of the molecule is N#Cc1cccc(C[C@H](NC(=O)OC23CC4CC(CC(C4)C2)C3)C(=O)N2CCCCC2)c1. The number of nitrogens with zero attached hydrogens (tertiary/aromatic N) is 2. The number of hydrogen-bond donors (Lipinski definition) is 1. The van der Waals surface area contributed by atoms with Crippen molar-refractivity contribution >= 4 is 12.0 Å². The minimum absolute atomic E-state index is 0.0467. The predicted octanol–water partition coefficient (Wildman–Crippen LogP) is 4.18. The number of hydrogen-bond acceptors (Lipinski definition) is 4. The molecule has 1 aliphatic heterocycles. The summed E-state index contributed by atoms with van der Waals surface area (Å²) in [6.45, 7) is 1.47. The fourth-order valence-electron chi connectivity index (χ4n) is 7.06. The van der Waals surface area contributed by atoms with E-state index in [-0.39, 0.29) is 11.5 Å². The van der Waals surface area contributed by atoms with Crippen LogP contribution in [-0.4, -0.2) is 41.6 Å². The molecular formula is C26H33N3O3. The second kappa shape index (κ2) is 8.77. The Morgan fingerprint density at radius 1 is 1.09 bits per heavy atom. The van der Waals surface area contributed by atoms with Crippen LogP contribution in [0.15, 0.2) is 24.3 Å². The lowest BCUT2D eigenvalue weighted by Crippen LogP contribution is -2.56. The first-order chi connectivity index (χ1) is 15.5. The standard InChI is InChI=1S/C26H33N3O3/c27-17-19-6-4-5-18(9-19)13-23(24(30)29-7-2-1-3-8-29)28-25(31)32-26-14-20-10-21(15-26)12-22(11-20)16-26/h4-6,9,20-23H,1-3,7-8,10-16H2,(H,28,31)/t20?,21?,22?,23-,26?/m0/s1. The minimum Gasteiger partial charge on any atom is -0.443 e. The zero-order valence-corrected chi connectivity index (χ0v) is 18.7. The van der Waals surface area contributed by atoms with E-state index in [1.807, 2.05) is 17.0 Å². The van der Waals surface area contributed by atoms with E-state index in [1.54, 1.807) is 12.1 Å². The van der Waals surface area contributed by atoms with Crippen molar-refractivity contribution in [3.8, 4) is 6.07 Å². The van der Waals surface area contributed by atoms with Gasteiger partial charge in [-0.05, 0) is 93.2 Å². The smallest absolute Gasteiger partial charge is 0.408 e. The molecule has 1 aromatic rings. The molecule has 5 aliphatic rings. The lowest BCUT2D eigenvalue weighted by Gasteiger charge is -2.55. The fourth-order valence-corrected chi connectivity index (χ4v) is 7.06. The zero-order valence-electron chi connectivity index (χ0n) is 18.7. The second-order valence-corrected chi connectivity index (χ2v) is 10.6. The van der Waals surface area contributed by atoms with Crippen LogP contribution in [0.4, 0.5) is 4.79 Å². The van der Waals surface area contributed by atoms with Crippen molar-refractivity contribution in [1.82, 2.24) is 10.2 Å². The second-order valence-electron chi connectivity index (χ2n) is 10.6. The Morgan fingerprint density at radius 2 is 1.75 bits per heavy atom. The van der Waals surface area contributed by atoms with Crippen LogP contribution in [0.25, 0.3) is 0 Å².